The molecule has 0 aliphatic heterocycles. The van der Waals surface area contributed by atoms with Crippen LogP contribution in [0.25, 0.3) is 6.08 Å². The molecule has 12 heteroatoms. The summed E-state index contributed by atoms with van der Waals surface area (Å²) in [7, 11) is 0. The Labute approximate surface area is 316 Å². The van der Waals surface area contributed by atoms with Crippen molar-refractivity contribution in [2.75, 3.05) is 0 Å². The molecule has 2 aromatic carbocycles. The number of halogens is 3. The topological polar surface area (TPSA) is 114 Å². The largest absolute Gasteiger partial charge is 3.00 e. The minimum Gasteiger partial charge on any atom is -1.00 e. The Hall–Kier alpha value is -2.16. The van der Waals surface area contributed by atoms with E-state index in [1.54, 1.807) is 6.07 Å². The van der Waals surface area contributed by atoms with Crippen molar-refractivity contribution < 1.29 is 79.1 Å². The molecule has 1 saturated carbocycles. The van der Waals surface area contributed by atoms with Gasteiger partial charge in [-0.25, -0.2) is 0 Å². The molecule has 8 nitrogen and oxygen atoms in total. The molecule has 2 aromatic rings. The molecular weight excluding hydrogens is 718 g/mol. The van der Waals surface area contributed by atoms with Gasteiger partial charge in [-0.1, -0.05) is 95.2 Å². The minimum absolute atomic E-state index is 0. The van der Waals surface area contributed by atoms with Crippen LogP contribution >= 0.6 is 0 Å². The number of phenolic OH excluding ortho intramolecular Hbond substituents is 2. The molecule has 1 aliphatic carbocycles. The summed E-state index contributed by atoms with van der Waals surface area (Å²) in [6, 6.07) is 7.78. The Morgan fingerprint density at radius 3 is 1.62 bits per heavy atom. The van der Waals surface area contributed by atoms with E-state index in [-0.39, 0.29) is 87.4 Å². The molecule has 0 radical (unpaired) electrons. The van der Waals surface area contributed by atoms with Gasteiger partial charge in [-0.2, -0.15) is 0 Å². The summed E-state index contributed by atoms with van der Waals surface area (Å²) in [5, 5.41) is 38.4. The number of benzene rings is 2. The van der Waals surface area contributed by atoms with Crippen LogP contribution < -0.4 is 37.2 Å². The summed E-state index contributed by atoms with van der Waals surface area (Å²) < 4.78 is 0. The second-order valence-electron chi connectivity index (χ2n) is 16.2. The average molecular weight is 770 g/mol. The van der Waals surface area contributed by atoms with Crippen LogP contribution in [-0.4, -0.2) is 33.5 Å². The normalized spacial score (nSPS) is 18.0. The molecular formula is C36H52Cl3MnN2O6. The van der Waals surface area contributed by atoms with E-state index in [1.165, 1.54) is 6.21 Å². The molecule has 0 heterocycles. The third-order valence-corrected chi connectivity index (χ3v) is 8.27. The quantitative estimate of drug-likeness (QED) is 0.139. The smallest absolute Gasteiger partial charge is 1.00 e. The van der Waals surface area contributed by atoms with Crippen molar-refractivity contribution in [3.05, 3.63) is 73.3 Å². The van der Waals surface area contributed by atoms with Crippen molar-refractivity contribution in [2.45, 2.75) is 136 Å². The summed E-state index contributed by atoms with van der Waals surface area (Å²) in [6.07, 6.45) is 3.01. The molecule has 48 heavy (non-hydrogen) atoms. The second-order valence-corrected chi connectivity index (χ2v) is 16.2. The van der Waals surface area contributed by atoms with Gasteiger partial charge in [0.15, 0.2) is 11.4 Å². The van der Waals surface area contributed by atoms with E-state index >= 15 is 0 Å². The molecule has 0 aromatic heterocycles. The van der Waals surface area contributed by atoms with E-state index in [0.29, 0.717) is 40.9 Å². The first-order chi connectivity index (χ1) is 20.0. The maximum Gasteiger partial charge on any atom is 3.00 e. The first-order valence-corrected chi connectivity index (χ1v) is 15.5. The monoisotopic (exact) mass is 768 g/mol. The average Bonchev–Trinajstić information content (AvgIpc) is 2.85. The van der Waals surface area contributed by atoms with Crippen LogP contribution in [0.4, 0.5) is 0 Å². The fraction of sp³-hybridized carbons (Fsp3) is 0.583. The van der Waals surface area contributed by atoms with Gasteiger partial charge in [0.25, 0.3) is 0 Å². The summed E-state index contributed by atoms with van der Waals surface area (Å²) >= 11 is 0. The van der Waals surface area contributed by atoms with Crippen molar-refractivity contribution in [2.24, 2.45) is 5.34 Å². The van der Waals surface area contributed by atoms with Crippen LogP contribution in [0, 0.1) is 10.1 Å². The molecule has 2 unspecified atom stereocenters. The Morgan fingerprint density at radius 1 is 0.771 bits per heavy atom. The van der Waals surface area contributed by atoms with Crippen molar-refractivity contribution in [1.29, 1.82) is 0 Å². The van der Waals surface area contributed by atoms with Crippen LogP contribution in [0.1, 0.15) is 136 Å². The van der Waals surface area contributed by atoms with E-state index < -0.39 is 12.2 Å². The Balaban J connectivity index is 0. The summed E-state index contributed by atoms with van der Waals surface area (Å²) in [5.74, 6) is 0.187. The number of rotatable bonds is 6. The maximum absolute atomic E-state index is 13.2. The Kier molecular flexibility index (Phi) is 17.7. The van der Waals surface area contributed by atoms with Gasteiger partial charge in [0.05, 0.1) is 5.56 Å². The minimum atomic E-state index is -0.929. The Bertz CT molecular complexity index is 1450. The van der Waals surface area contributed by atoms with Crippen molar-refractivity contribution in [3.63, 3.8) is 0 Å². The molecule has 270 valence electrons. The predicted molar refractivity (Wildman–Crippen MR) is 177 cm³/mol. The van der Waals surface area contributed by atoms with Gasteiger partial charge in [0.1, 0.15) is 17.6 Å². The molecule has 2 atom stereocenters. The summed E-state index contributed by atoms with van der Waals surface area (Å²) in [5.41, 5.74) is 4.19. The van der Waals surface area contributed by atoms with Gasteiger partial charge in [0, 0.05) is 21.6 Å². The zero-order valence-electron chi connectivity index (χ0n) is 30.2. The Morgan fingerprint density at radius 2 is 1.21 bits per heavy atom. The summed E-state index contributed by atoms with van der Waals surface area (Å²) in [6.45, 7) is 24.8. The fourth-order valence-corrected chi connectivity index (χ4v) is 5.49. The van der Waals surface area contributed by atoms with Gasteiger partial charge >= 0.3 is 17.1 Å². The standard InChI is InChI=1S/C36H52N2O6.3ClH.Mn/c1-33(2,3)25-17-23(30(39)27(19-25)35(7,8)9)16-22-14-13-15-29(32(22)43-37-41)44-38(42)21-24-18-26(34(4,5)6)20-28(31(24)40)36(10,11)12;;;;/h16-21,29,32,39-40H,13-15H2,1-12H3;3*1H;/q;;;;+3/p-3/b22-16?,38-21+;;;;. The molecule has 3 rings (SSSR count). The fourth-order valence-electron chi connectivity index (χ4n) is 5.49. The van der Waals surface area contributed by atoms with E-state index in [0.717, 1.165) is 22.3 Å². The van der Waals surface area contributed by atoms with Gasteiger partial charge < -0.3 is 57.1 Å². The molecule has 2 N–H and O–H groups in total. The number of aromatic hydroxyl groups is 2. The molecule has 0 amide bonds. The van der Waals surface area contributed by atoms with Crippen LogP contribution in [-0.2, 0) is 48.4 Å². The first-order valence-electron chi connectivity index (χ1n) is 15.5. The van der Waals surface area contributed by atoms with Crippen molar-refractivity contribution in [1.82, 2.24) is 0 Å². The summed E-state index contributed by atoms with van der Waals surface area (Å²) in [4.78, 5) is 22.8. The second kappa shape index (κ2) is 17.7. The van der Waals surface area contributed by atoms with Crippen molar-refractivity contribution in [3.8, 4) is 11.5 Å². The molecule has 0 spiro atoms. The molecule has 0 saturated heterocycles. The van der Waals surface area contributed by atoms with Gasteiger partial charge in [-0.3, -0.25) is 5.21 Å². The number of hydrogen-bond donors (Lipinski definition) is 2. The van der Waals surface area contributed by atoms with Crippen LogP contribution in [0.5, 0.6) is 11.5 Å². The zero-order chi connectivity index (χ0) is 33.4. The molecule has 1 fully saturated rings. The maximum atomic E-state index is 13.2. The van der Waals surface area contributed by atoms with E-state index in [4.69, 9.17) is 9.68 Å². The molecule has 0 bridgehead atoms. The zero-order valence-corrected chi connectivity index (χ0v) is 33.6. The third kappa shape index (κ3) is 11.7. The van der Waals surface area contributed by atoms with Gasteiger partial charge in [-0.05, 0) is 75.8 Å². The SMILES string of the molecule is CC(C)(C)c1cc(C=C2CCCC(O/[N+]([O-])=C/c3cc(C(C)(C)C)cc(C(C)(C)C)c3O)C2ON=O)c(O)c(C(C)(C)C)c1.[Cl-].[Cl-].[Cl-].[Mn+3]. The van der Waals surface area contributed by atoms with Crippen molar-refractivity contribution >= 4 is 12.3 Å². The molecule has 1 aliphatic rings. The van der Waals surface area contributed by atoms with Gasteiger partial charge in [0.2, 0.25) is 6.21 Å². The first kappa shape index (κ1) is 48.0. The van der Waals surface area contributed by atoms with Crippen LogP contribution in [0.3, 0.4) is 0 Å². The number of nitrogens with zero attached hydrogens (tertiary/aromatic N) is 2. The number of hydrogen-bond acceptors (Lipinski definition) is 7. The van der Waals surface area contributed by atoms with E-state index in [2.05, 4.69) is 67.7 Å². The van der Waals surface area contributed by atoms with Crippen LogP contribution in [0.2, 0.25) is 0 Å². The van der Waals surface area contributed by atoms with Crippen LogP contribution in [0.15, 0.2) is 35.2 Å². The van der Waals surface area contributed by atoms with E-state index in [9.17, 15) is 20.3 Å². The van der Waals surface area contributed by atoms with E-state index in [1.807, 2.05) is 45.0 Å². The third-order valence-electron chi connectivity index (χ3n) is 8.27. The van der Waals surface area contributed by atoms with Gasteiger partial charge in [-0.15, -0.1) is 4.91 Å². The predicted octanol–water partition coefficient (Wildman–Crippen LogP) is -0.139. The number of phenols is 2.